The summed E-state index contributed by atoms with van der Waals surface area (Å²) in [5.74, 6) is 3.65. The monoisotopic (exact) mass is 511 g/mol. The van der Waals surface area contributed by atoms with Gasteiger partial charge in [-0.3, -0.25) is 0 Å². The fourth-order valence-electron chi connectivity index (χ4n) is 6.87. The van der Waals surface area contributed by atoms with E-state index in [1.165, 1.54) is 55.2 Å². The van der Waals surface area contributed by atoms with Crippen LogP contribution in [0.5, 0.6) is 5.75 Å². The van der Waals surface area contributed by atoms with Gasteiger partial charge in [0.1, 0.15) is 10.4 Å². The predicted molar refractivity (Wildman–Crippen MR) is 135 cm³/mol. The Morgan fingerprint density at radius 3 is 2.42 bits per heavy atom. The second kappa shape index (κ2) is 9.89. The molecule has 4 fully saturated rings. The number of nitrogens with zero attached hydrogens (tertiary/aromatic N) is 1. The topological polar surface area (TPSA) is 40.6 Å². The number of rotatable bonds is 9. The van der Waals surface area contributed by atoms with Gasteiger partial charge in [-0.25, -0.2) is 4.98 Å². The van der Waals surface area contributed by atoms with Crippen LogP contribution in [0.4, 0.5) is 0 Å². The van der Waals surface area contributed by atoms with Gasteiger partial charge in [0, 0.05) is 18.9 Å². The average Bonchev–Trinajstić information content (AvgIpc) is 2.79. The summed E-state index contributed by atoms with van der Waals surface area (Å²) in [7, 11) is 1.69. The molecule has 0 atom stereocenters. The first kappa shape index (κ1) is 23.1. The molecule has 33 heavy (non-hydrogen) atoms. The van der Waals surface area contributed by atoms with Crippen molar-refractivity contribution in [1.29, 1.82) is 0 Å². The Morgan fingerprint density at radius 1 is 1.06 bits per heavy atom. The van der Waals surface area contributed by atoms with Crippen molar-refractivity contribution in [2.75, 3.05) is 27.1 Å². The third kappa shape index (κ3) is 5.06. The summed E-state index contributed by atoms with van der Waals surface area (Å²) in [4.78, 5) is 4.37. The lowest BCUT2D eigenvalue weighted by Crippen LogP contribution is -2.48. The Bertz CT molecular complexity index is 965. The van der Waals surface area contributed by atoms with Crippen LogP contribution in [0, 0.1) is 17.8 Å². The Hall–Kier alpha value is -1.69. The SMILES string of the molecule is COCCOCOc1ccc(/C(C)=C/c2ccc(Br)nc2)cc1C12CC3CC(CC(C3)C1)C2. The van der Waals surface area contributed by atoms with E-state index in [9.17, 15) is 0 Å². The number of pyridine rings is 1. The predicted octanol–water partition coefficient (Wildman–Crippen LogP) is 6.87. The summed E-state index contributed by atoms with van der Waals surface area (Å²) in [5, 5.41) is 0. The highest BCUT2D eigenvalue weighted by Crippen LogP contribution is 2.62. The Morgan fingerprint density at radius 2 is 1.79 bits per heavy atom. The molecule has 0 unspecified atom stereocenters. The summed E-state index contributed by atoms with van der Waals surface area (Å²) in [6.45, 7) is 3.58. The van der Waals surface area contributed by atoms with Crippen LogP contribution in [-0.4, -0.2) is 32.1 Å². The lowest BCUT2D eigenvalue weighted by atomic mass is 9.48. The number of benzene rings is 1. The van der Waals surface area contributed by atoms with E-state index >= 15 is 0 Å². The largest absolute Gasteiger partial charge is 0.467 e. The first-order valence-corrected chi connectivity index (χ1v) is 13.0. The Balaban J connectivity index is 1.45. The number of halogens is 1. The molecule has 1 aromatic carbocycles. The number of hydrogen-bond acceptors (Lipinski definition) is 4. The minimum Gasteiger partial charge on any atom is -0.467 e. The van der Waals surface area contributed by atoms with Crippen molar-refractivity contribution in [3.8, 4) is 5.75 Å². The summed E-state index contributed by atoms with van der Waals surface area (Å²) in [6.07, 6.45) is 12.4. The van der Waals surface area contributed by atoms with Crippen LogP contribution >= 0.6 is 15.9 Å². The summed E-state index contributed by atoms with van der Waals surface area (Å²) in [5.41, 5.74) is 5.27. The summed E-state index contributed by atoms with van der Waals surface area (Å²) in [6, 6.07) is 10.8. The van der Waals surface area contributed by atoms with Gasteiger partial charge in [-0.15, -0.1) is 0 Å². The second-order valence-corrected chi connectivity index (χ2v) is 11.1. The van der Waals surface area contributed by atoms with Crippen molar-refractivity contribution < 1.29 is 14.2 Å². The van der Waals surface area contributed by atoms with E-state index in [0.29, 0.717) is 13.2 Å². The van der Waals surface area contributed by atoms with Crippen LogP contribution in [0.2, 0.25) is 0 Å². The van der Waals surface area contributed by atoms with Gasteiger partial charge >= 0.3 is 0 Å². The lowest BCUT2D eigenvalue weighted by molar-refractivity contribution is -0.0189. The quantitative estimate of drug-likeness (QED) is 0.209. The molecular formula is C28H34BrNO3. The fourth-order valence-corrected chi connectivity index (χ4v) is 7.10. The van der Waals surface area contributed by atoms with E-state index < -0.39 is 0 Å². The molecule has 4 aliphatic rings. The fraction of sp³-hybridized carbons (Fsp3) is 0.536. The Kier molecular flexibility index (Phi) is 6.91. The van der Waals surface area contributed by atoms with Crippen LogP contribution in [0.3, 0.4) is 0 Å². The molecule has 0 amide bonds. The molecule has 0 N–H and O–H groups in total. The lowest BCUT2D eigenvalue weighted by Gasteiger charge is -2.57. The third-order valence-electron chi connectivity index (χ3n) is 7.91. The van der Waals surface area contributed by atoms with E-state index in [-0.39, 0.29) is 12.2 Å². The van der Waals surface area contributed by atoms with Crippen LogP contribution in [0.1, 0.15) is 62.1 Å². The summed E-state index contributed by atoms with van der Waals surface area (Å²) < 4.78 is 17.8. The smallest absolute Gasteiger partial charge is 0.189 e. The van der Waals surface area contributed by atoms with Gasteiger partial charge in [-0.05, 0) is 126 Å². The molecule has 0 radical (unpaired) electrons. The normalized spacial score (nSPS) is 28.3. The maximum atomic E-state index is 6.23. The molecule has 0 spiro atoms. The standard InChI is InChI=1S/C28H34BrNO3/c1-19(9-20-3-6-27(29)30-17-20)24-4-5-26(33-18-32-8-7-31-2)25(13-24)28-14-21-10-22(15-28)12-23(11-21)16-28/h3-6,9,13,17,21-23H,7-8,10-12,14-16,18H2,1-2H3/b19-9+. The van der Waals surface area contributed by atoms with Crippen LogP contribution < -0.4 is 4.74 Å². The number of methoxy groups -OCH3 is 1. The molecule has 1 heterocycles. The van der Waals surface area contributed by atoms with Gasteiger partial charge in [0.05, 0.1) is 13.2 Å². The molecule has 4 nitrogen and oxygen atoms in total. The zero-order valence-corrected chi connectivity index (χ0v) is 21.3. The molecule has 6 rings (SSSR count). The van der Waals surface area contributed by atoms with Gasteiger partial charge < -0.3 is 14.2 Å². The maximum absolute atomic E-state index is 6.23. The zero-order valence-electron chi connectivity index (χ0n) is 19.7. The highest BCUT2D eigenvalue weighted by Gasteiger charge is 2.52. The van der Waals surface area contributed by atoms with E-state index in [1.54, 1.807) is 7.11 Å². The van der Waals surface area contributed by atoms with Crippen LogP contribution in [0.25, 0.3) is 11.6 Å². The van der Waals surface area contributed by atoms with Crippen LogP contribution in [-0.2, 0) is 14.9 Å². The molecule has 5 heteroatoms. The van der Waals surface area contributed by atoms with Gasteiger partial charge in [-0.2, -0.15) is 0 Å². The molecule has 1 aromatic heterocycles. The second-order valence-electron chi connectivity index (χ2n) is 10.3. The van der Waals surface area contributed by atoms with Crippen LogP contribution in [0.15, 0.2) is 41.1 Å². The van der Waals surface area contributed by atoms with E-state index in [0.717, 1.165) is 33.7 Å². The highest BCUT2D eigenvalue weighted by molar-refractivity contribution is 9.10. The number of allylic oxidation sites excluding steroid dienone is 1. The summed E-state index contributed by atoms with van der Waals surface area (Å²) >= 11 is 3.42. The molecule has 0 aliphatic heterocycles. The minimum absolute atomic E-state index is 0.256. The molecule has 2 aromatic rings. The highest BCUT2D eigenvalue weighted by atomic mass is 79.9. The average molecular weight is 512 g/mol. The Labute approximate surface area is 205 Å². The first-order valence-electron chi connectivity index (χ1n) is 12.2. The third-order valence-corrected chi connectivity index (χ3v) is 8.38. The van der Waals surface area contributed by atoms with Crippen molar-refractivity contribution >= 4 is 27.6 Å². The molecule has 176 valence electrons. The van der Waals surface area contributed by atoms with Crippen molar-refractivity contribution in [3.63, 3.8) is 0 Å². The van der Waals surface area contributed by atoms with E-state index in [4.69, 9.17) is 14.2 Å². The van der Waals surface area contributed by atoms with Gasteiger partial charge in [0.25, 0.3) is 0 Å². The number of hydrogen-bond donors (Lipinski definition) is 0. The van der Waals surface area contributed by atoms with Crippen molar-refractivity contribution in [3.05, 3.63) is 57.8 Å². The van der Waals surface area contributed by atoms with Crippen molar-refractivity contribution in [2.45, 2.75) is 50.9 Å². The molecule has 4 aliphatic carbocycles. The van der Waals surface area contributed by atoms with Gasteiger partial charge in [0.2, 0.25) is 0 Å². The van der Waals surface area contributed by atoms with Crippen molar-refractivity contribution in [2.24, 2.45) is 17.8 Å². The zero-order chi connectivity index (χ0) is 22.8. The van der Waals surface area contributed by atoms with Gasteiger partial charge in [0.15, 0.2) is 6.79 Å². The van der Waals surface area contributed by atoms with Crippen molar-refractivity contribution in [1.82, 2.24) is 4.98 Å². The molecule has 4 bridgehead atoms. The van der Waals surface area contributed by atoms with E-state index in [1.807, 2.05) is 12.3 Å². The van der Waals surface area contributed by atoms with Gasteiger partial charge in [-0.1, -0.05) is 12.1 Å². The van der Waals surface area contributed by atoms with E-state index in [2.05, 4.69) is 58.2 Å². The maximum Gasteiger partial charge on any atom is 0.189 e. The first-order chi connectivity index (χ1) is 16.0. The molecule has 0 saturated heterocycles. The molecular weight excluding hydrogens is 478 g/mol. The minimum atomic E-state index is 0.256. The number of aromatic nitrogens is 1. The molecule has 4 saturated carbocycles. The number of ether oxygens (including phenoxy) is 3.